The van der Waals surface area contributed by atoms with Gasteiger partial charge in [0.25, 0.3) is 0 Å². The fraction of sp³-hybridized carbons (Fsp3) is 0.273. The number of fused-ring (bicyclic) bond motifs is 1. The minimum Gasteiger partial charge on any atom is -0.345 e. The van der Waals surface area contributed by atoms with Gasteiger partial charge in [-0.15, -0.1) is 0 Å². The molecule has 0 saturated carbocycles. The predicted octanol–water partition coefficient (Wildman–Crippen LogP) is 1.83. The number of hydrogen-bond acceptors (Lipinski definition) is 4. The molecule has 18 heavy (non-hydrogen) atoms. The summed E-state index contributed by atoms with van der Waals surface area (Å²) in [6, 6.07) is 1.56. The van der Waals surface area contributed by atoms with Gasteiger partial charge in [-0.3, -0.25) is 4.79 Å². The number of carbonyl (C=O) groups is 1. The number of aromatic amines is 1. The quantitative estimate of drug-likeness (QED) is 0.873. The number of halogens is 1. The molecule has 2 heterocycles. The van der Waals surface area contributed by atoms with E-state index in [-0.39, 0.29) is 5.56 Å². The van der Waals surface area contributed by atoms with Crippen molar-refractivity contribution < 1.29 is 13.2 Å². The van der Waals surface area contributed by atoms with Gasteiger partial charge in [-0.25, -0.2) is 13.4 Å². The van der Waals surface area contributed by atoms with Gasteiger partial charge in [0.1, 0.15) is 10.9 Å². The molecule has 0 saturated heterocycles. The number of sulfone groups is 1. The molecule has 96 valence electrons. The zero-order valence-electron chi connectivity index (χ0n) is 9.77. The first-order valence-corrected chi connectivity index (χ1v) is 7.50. The molecular formula is C11H11ClN2O3S. The highest BCUT2D eigenvalue weighted by Crippen LogP contribution is 2.26. The molecule has 0 radical (unpaired) electrons. The van der Waals surface area contributed by atoms with E-state index >= 15 is 0 Å². The minimum absolute atomic E-state index is 0.251. The number of nitrogens with one attached hydrogen (secondary N) is 1. The molecule has 0 amide bonds. The first-order valence-electron chi connectivity index (χ1n) is 5.17. The van der Waals surface area contributed by atoms with E-state index in [1.54, 1.807) is 6.07 Å². The number of pyridine rings is 1. The molecule has 0 aliphatic rings. The van der Waals surface area contributed by atoms with E-state index in [1.807, 2.05) is 0 Å². The Morgan fingerprint density at radius 2 is 2.17 bits per heavy atom. The van der Waals surface area contributed by atoms with Crippen LogP contribution in [0.5, 0.6) is 0 Å². The number of nitrogens with zero attached hydrogens (tertiary/aromatic N) is 1. The number of rotatable bonds is 3. The maximum absolute atomic E-state index is 12.1. The summed E-state index contributed by atoms with van der Waals surface area (Å²) in [4.78, 5) is 19.0. The van der Waals surface area contributed by atoms with Crippen molar-refractivity contribution in [3.63, 3.8) is 0 Å². The summed E-state index contributed by atoms with van der Waals surface area (Å²) < 4.78 is 22.8. The number of ketones is 1. The highest BCUT2D eigenvalue weighted by molar-refractivity contribution is 7.92. The lowest BCUT2D eigenvalue weighted by atomic mass is 10.1. The predicted molar refractivity (Wildman–Crippen MR) is 69.7 cm³/mol. The Morgan fingerprint density at radius 3 is 2.78 bits per heavy atom. The van der Waals surface area contributed by atoms with Crippen LogP contribution in [-0.2, 0) is 9.84 Å². The fourth-order valence-electron chi connectivity index (χ4n) is 1.62. The SMILES string of the molecule is CC(C(=O)c1c[nH]c2nccc(Cl)c12)S(C)(=O)=O. The van der Waals surface area contributed by atoms with Gasteiger partial charge in [0, 0.05) is 29.6 Å². The van der Waals surface area contributed by atoms with Crippen LogP contribution >= 0.6 is 11.6 Å². The lowest BCUT2D eigenvalue weighted by molar-refractivity contribution is 0.0993. The van der Waals surface area contributed by atoms with Crippen molar-refractivity contribution in [3.05, 3.63) is 29.0 Å². The van der Waals surface area contributed by atoms with E-state index < -0.39 is 20.9 Å². The summed E-state index contributed by atoms with van der Waals surface area (Å²) in [6.45, 7) is 1.36. The van der Waals surface area contributed by atoms with E-state index in [2.05, 4.69) is 9.97 Å². The lowest BCUT2D eigenvalue weighted by Gasteiger charge is -2.07. The van der Waals surface area contributed by atoms with Crippen molar-refractivity contribution in [2.45, 2.75) is 12.2 Å². The van der Waals surface area contributed by atoms with Gasteiger partial charge in [-0.05, 0) is 13.0 Å². The van der Waals surface area contributed by atoms with Crippen LogP contribution in [-0.4, -0.2) is 35.7 Å². The second-order valence-corrected chi connectivity index (χ2v) is 6.83. The van der Waals surface area contributed by atoms with Gasteiger partial charge in [0.05, 0.1) is 5.02 Å². The molecule has 0 spiro atoms. The van der Waals surface area contributed by atoms with Crippen LogP contribution in [0, 0.1) is 0 Å². The molecule has 1 atom stereocenters. The standard InChI is InChI=1S/C11H11ClN2O3S/c1-6(18(2,16)17)10(15)7-5-14-11-9(7)8(12)3-4-13-11/h3-6H,1-2H3,(H,13,14). The van der Waals surface area contributed by atoms with Crippen LogP contribution in [0.25, 0.3) is 11.0 Å². The fourth-order valence-corrected chi connectivity index (χ4v) is 2.39. The maximum Gasteiger partial charge on any atom is 0.182 e. The third-order valence-electron chi connectivity index (χ3n) is 2.80. The van der Waals surface area contributed by atoms with Gasteiger partial charge in [0.2, 0.25) is 0 Å². The molecular weight excluding hydrogens is 276 g/mol. The molecule has 0 aromatic carbocycles. The van der Waals surface area contributed by atoms with E-state index in [9.17, 15) is 13.2 Å². The number of H-pyrrole nitrogens is 1. The van der Waals surface area contributed by atoms with Crippen LogP contribution in [0.1, 0.15) is 17.3 Å². The first kappa shape index (κ1) is 13.0. The van der Waals surface area contributed by atoms with Crippen LogP contribution < -0.4 is 0 Å². The average Bonchev–Trinajstić information content (AvgIpc) is 2.71. The Hall–Kier alpha value is -1.40. The molecule has 5 nitrogen and oxygen atoms in total. The number of aromatic nitrogens is 2. The Labute approximate surface area is 109 Å². The van der Waals surface area contributed by atoms with Crippen molar-refractivity contribution in [1.29, 1.82) is 0 Å². The summed E-state index contributed by atoms with van der Waals surface area (Å²) in [5, 5.41) is -0.280. The van der Waals surface area contributed by atoms with Crippen molar-refractivity contribution in [1.82, 2.24) is 9.97 Å². The van der Waals surface area contributed by atoms with E-state index in [1.165, 1.54) is 19.3 Å². The third kappa shape index (κ3) is 2.13. The molecule has 2 aromatic rings. The molecule has 7 heteroatoms. The number of Topliss-reactive ketones (excluding diaryl/α,β-unsaturated/α-hetero) is 1. The first-order chi connectivity index (χ1) is 8.32. The monoisotopic (exact) mass is 286 g/mol. The molecule has 2 aromatic heterocycles. The normalized spacial score (nSPS) is 13.7. The Kier molecular flexibility index (Phi) is 3.16. The van der Waals surface area contributed by atoms with Gasteiger partial charge >= 0.3 is 0 Å². The van der Waals surface area contributed by atoms with Crippen LogP contribution in [0.4, 0.5) is 0 Å². The summed E-state index contributed by atoms with van der Waals surface area (Å²) in [7, 11) is -3.44. The van der Waals surface area contributed by atoms with Gasteiger partial charge < -0.3 is 4.98 Å². The van der Waals surface area contributed by atoms with Gasteiger partial charge in [-0.2, -0.15) is 0 Å². The molecule has 0 fully saturated rings. The Morgan fingerprint density at radius 1 is 1.50 bits per heavy atom. The average molecular weight is 287 g/mol. The van der Waals surface area contributed by atoms with E-state index in [0.29, 0.717) is 16.1 Å². The van der Waals surface area contributed by atoms with Crippen molar-refractivity contribution in [2.75, 3.05) is 6.26 Å². The highest BCUT2D eigenvalue weighted by atomic mass is 35.5. The molecule has 0 bridgehead atoms. The summed E-state index contributed by atoms with van der Waals surface area (Å²) in [5.41, 5.74) is 0.715. The Bertz CT molecular complexity index is 721. The number of hydrogen-bond donors (Lipinski definition) is 1. The molecule has 0 aliphatic carbocycles. The minimum atomic E-state index is -3.44. The molecule has 1 N–H and O–H groups in total. The lowest BCUT2D eigenvalue weighted by Crippen LogP contribution is -2.26. The smallest absolute Gasteiger partial charge is 0.182 e. The van der Waals surface area contributed by atoms with Crippen LogP contribution in [0.3, 0.4) is 0 Å². The number of carbonyl (C=O) groups excluding carboxylic acids is 1. The maximum atomic E-state index is 12.1. The Balaban J connectivity index is 2.59. The second kappa shape index (κ2) is 4.37. The summed E-state index contributed by atoms with van der Waals surface area (Å²) in [5.74, 6) is -0.487. The summed E-state index contributed by atoms with van der Waals surface area (Å²) >= 11 is 6.00. The molecule has 0 aliphatic heterocycles. The summed E-state index contributed by atoms with van der Waals surface area (Å²) in [6.07, 6.45) is 3.98. The van der Waals surface area contributed by atoms with Crippen LogP contribution in [0.15, 0.2) is 18.5 Å². The van der Waals surface area contributed by atoms with Gasteiger partial charge in [-0.1, -0.05) is 11.6 Å². The zero-order valence-corrected chi connectivity index (χ0v) is 11.3. The van der Waals surface area contributed by atoms with Crippen molar-refractivity contribution >= 4 is 38.3 Å². The largest absolute Gasteiger partial charge is 0.345 e. The topological polar surface area (TPSA) is 79.9 Å². The van der Waals surface area contributed by atoms with Crippen molar-refractivity contribution in [2.24, 2.45) is 0 Å². The molecule has 2 rings (SSSR count). The van der Waals surface area contributed by atoms with E-state index in [0.717, 1.165) is 6.26 Å². The van der Waals surface area contributed by atoms with Crippen LogP contribution in [0.2, 0.25) is 5.02 Å². The zero-order chi connectivity index (χ0) is 13.5. The van der Waals surface area contributed by atoms with Crippen molar-refractivity contribution in [3.8, 4) is 0 Å². The van der Waals surface area contributed by atoms with Gasteiger partial charge in [0.15, 0.2) is 15.6 Å². The van der Waals surface area contributed by atoms with E-state index in [4.69, 9.17) is 11.6 Å². The third-order valence-corrected chi connectivity index (χ3v) is 4.61. The molecule has 1 unspecified atom stereocenters. The highest BCUT2D eigenvalue weighted by Gasteiger charge is 2.27. The second-order valence-electron chi connectivity index (χ2n) is 4.05.